The average Bonchev–Trinajstić information content (AvgIpc) is 2.44. The molecule has 1 aromatic rings. The minimum Gasteiger partial charge on any atom is -0.461 e. The fourth-order valence-electron chi connectivity index (χ4n) is 1.48. The third-order valence-electron chi connectivity index (χ3n) is 1.99. The van der Waals surface area contributed by atoms with E-state index < -0.39 is 0 Å². The molecule has 0 aliphatic heterocycles. The molecule has 0 bridgehead atoms. The van der Waals surface area contributed by atoms with E-state index in [4.69, 9.17) is 4.42 Å². The van der Waals surface area contributed by atoms with Gasteiger partial charge in [-0.3, -0.25) is 4.79 Å². The molecule has 1 aliphatic rings. The lowest BCUT2D eigenvalue weighted by atomic mass is 10.2. The predicted octanol–water partition coefficient (Wildman–Crippen LogP) is 1.58. The van der Waals surface area contributed by atoms with Crippen LogP contribution in [0.5, 0.6) is 0 Å². The molecule has 52 valence electrons. The van der Waals surface area contributed by atoms with Crippen molar-refractivity contribution in [3.63, 3.8) is 0 Å². The molecule has 0 fully saturated rings. The minimum absolute atomic E-state index is 0.535. The van der Waals surface area contributed by atoms with Crippen LogP contribution < -0.4 is 0 Å². The van der Waals surface area contributed by atoms with E-state index in [2.05, 4.69) is 0 Å². The Morgan fingerprint density at radius 3 is 3.20 bits per heavy atom. The molecule has 0 unspecified atom stereocenters. The van der Waals surface area contributed by atoms with Crippen LogP contribution in [0, 0.1) is 0 Å². The van der Waals surface area contributed by atoms with Crippen LogP contribution in [0.4, 0.5) is 0 Å². The Bertz CT molecular complexity index is 260. The van der Waals surface area contributed by atoms with Gasteiger partial charge in [-0.15, -0.1) is 0 Å². The third kappa shape index (κ3) is 0.618. The molecular formula is C8H8O2. The van der Waals surface area contributed by atoms with Crippen molar-refractivity contribution in [2.45, 2.75) is 19.3 Å². The summed E-state index contributed by atoms with van der Waals surface area (Å²) in [5.41, 5.74) is 2.36. The zero-order chi connectivity index (χ0) is 6.97. The van der Waals surface area contributed by atoms with Crippen molar-refractivity contribution in [2.24, 2.45) is 0 Å². The lowest BCUT2D eigenvalue weighted by Gasteiger charge is -1.85. The first-order chi connectivity index (χ1) is 4.92. The van der Waals surface area contributed by atoms with Crippen LogP contribution in [-0.2, 0) is 12.8 Å². The molecule has 2 heteroatoms. The molecule has 0 saturated carbocycles. The van der Waals surface area contributed by atoms with Gasteiger partial charge in [0.05, 0.1) is 6.26 Å². The van der Waals surface area contributed by atoms with Gasteiger partial charge >= 0.3 is 0 Å². The number of aldehydes is 1. The summed E-state index contributed by atoms with van der Waals surface area (Å²) in [6.45, 7) is 0. The second-order valence-corrected chi connectivity index (χ2v) is 2.58. The van der Waals surface area contributed by atoms with Crippen molar-refractivity contribution in [3.8, 4) is 0 Å². The molecule has 2 rings (SSSR count). The van der Waals surface area contributed by atoms with Crippen LogP contribution in [0.15, 0.2) is 10.7 Å². The van der Waals surface area contributed by atoms with Crippen LogP contribution in [0.25, 0.3) is 0 Å². The molecular weight excluding hydrogens is 128 g/mol. The number of fused-ring (bicyclic) bond motifs is 1. The molecule has 1 aliphatic carbocycles. The first kappa shape index (κ1) is 5.71. The Balaban J connectivity index is 2.53. The van der Waals surface area contributed by atoms with Crippen molar-refractivity contribution in [1.82, 2.24) is 0 Å². The Labute approximate surface area is 58.8 Å². The van der Waals surface area contributed by atoms with E-state index in [1.54, 1.807) is 6.26 Å². The van der Waals surface area contributed by atoms with E-state index in [9.17, 15) is 4.79 Å². The molecule has 2 nitrogen and oxygen atoms in total. The lowest BCUT2D eigenvalue weighted by molar-refractivity contribution is 0.109. The van der Waals surface area contributed by atoms with E-state index >= 15 is 0 Å². The normalized spacial score (nSPS) is 15.2. The van der Waals surface area contributed by atoms with E-state index in [1.807, 2.05) is 0 Å². The highest BCUT2D eigenvalue weighted by molar-refractivity contribution is 5.74. The molecule has 10 heavy (non-hydrogen) atoms. The average molecular weight is 136 g/mol. The molecule has 0 atom stereocenters. The van der Waals surface area contributed by atoms with E-state index in [1.165, 1.54) is 12.0 Å². The maximum atomic E-state index is 10.3. The smallest absolute Gasteiger partial charge is 0.185 e. The first-order valence-electron chi connectivity index (χ1n) is 3.46. The molecule has 0 amide bonds. The number of rotatable bonds is 1. The van der Waals surface area contributed by atoms with Crippen molar-refractivity contribution in [3.05, 3.63) is 23.2 Å². The number of hydrogen-bond acceptors (Lipinski definition) is 2. The van der Waals surface area contributed by atoms with Crippen LogP contribution in [0.1, 0.15) is 28.1 Å². The SMILES string of the molecule is O=Cc1occ2c1CCC2. The fourth-order valence-corrected chi connectivity index (χ4v) is 1.48. The van der Waals surface area contributed by atoms with Crippen molar-refractivity contribution >= 4 is 6.29 Å². The zero-order valence-electron chi connectivity index (χ0n) is 5.59. The van der Waals surface area contributed by atoms with Gasteiger partial charge in [0.1, 0.15) is 0 Å². The van der Waals surface area contributed by atoms with Gasteiger partial charge in [-0.1, -0.05) is 0 Å². The molecule has 0 spiro atoms. The van der Waals surface area contributed by atoms with Gasteiger partial charge in [-0.2, -0.15) is 0 Å². The lowest BCUT2D eigenvalue weighted by Crippen LogP contribution is -1.81. The number of carbonyl (C=O) groups is 1. The zero-order valence-corrected chi connectivity index (χ0v) is 5.59. The highest BCUT2D eigenvalue weighted by Gasteiger charge is 2.17. The second-order valence-electron chi connectivity index (χ2n) is 2.58. The Kier molecular flexibility index (Phi) is 1.13. The number of hydrogen-bond donors (Lipinski definition) is 0. The summed E-state index contributed by atoms with van der Waals surface area (Å²) in [6.07, 6.45) is 5.75. The topological polar surface area (TPSA) is 30.2 Å². The predicted molar refractivity (Wildman–Crippen MR) is 36.1 cm³/mol. The standard InChI is InChI=1S/C8H8O2/c9-4-8-7-3-1-2-6(7)5-10-8/h4-5H,1-3H2. The van der Waals surface area contributed by atoms with Crippen LogP contribution >= 0.6 is 0 Å². The summed E-state index contributed by atoms with van der Waals surface area (Å²) >= 11 is 0. The second kappa shape index (κ2) is 1.97. The van der Waals surface area contributed by atoms with Gasteiger partial charge in [0, 0.05) is 5.56 Å². The minimum atomic E-state index is 0.535. The summed E-state index contributed by atoms with van der Waals surface area (Å²) in [5.74, 6) is 0.535. The summed E-state index contributed by atoms with van der Waals surface area (Å²) in [6, 6.07) is 0. The number of carbonyl (C=O) groups excluding carboxylic acids is 1. The van der Waals surface area contributed by atoms with Crippen molar-refractivity contribution < 1.29 is 9.21 Å². The Morgan fingerprint density at radius 1 is 1.50 bits per heavy atom. The van der Waals surface area contributed by atoms with Crippen LogP contribution in [0.2, 0.25) is 0 Å². The molecule has 0 aromatic carbocycles. The molecule has 1 aromatic heterocycles. The first-order valence-corrected chi connectivity index (χ1v) is 3.46. The van der Waals surface area contributed by atoms with E-state index in [0.29, 0.717) is 5.76 Å². The van der Waals surface area contributed by atoms with E-state index in [0.717, 1.165) is 24.7 Å². The molecule has 1 heterocycles. The summed E-state index contributed by atoms with van der Waals surface area (Å²) < 4.78 is 5.02. The van der Waals surface area contributed by atoms with Crippen molar-refractivity contribution in [2.75, 3.05) is 0 Å². The van der Waals surface area contributed by atoms with Gasteiger partial charge in [0.15, 0.2) is 12.0 Å². The number of aryl methyl sites for hydroxylation is 1. The largest absolute Gasteiger partial charge is 0.461 e. The highest BCUT2D eigenvalue weighted by atomic mass is 16.3. The quantitative estimate of drug-likeness (QED) is 0.548. The fraction of sp³-hybridized carbons (Fsp3) is 0.375. The highest BCUT2D eigenvalue weighted by Crippen LogP contribution is 2.25. The van der Waals surface area contributed by atoms with Gasteiger partial charge in [0.2, 0.25) is 0 Å². The van der Waals surface area contributed by atoms with Crippen LogP contribution in [-0.4, -0.2) is 6.29 Å². The van der Waals surface area contributed by atoms with Gasteiger partial charge in [-0.25, -0.2) is 0 Å². The molecule has 0 radical (unpaired) electrons. The maximum Gasteiger partial charge on any atom is 0.185 e. The van der Waals surface area contributed by atoms with Gasteiger partial charge in [-0.05, 0) is 24.8 Å². The maximum absolute atomic E-state index is 10.3. The van der Waals surface area contributed by atoms with Gasteiger partial charge in [0.25, 0.3) is 0 Å². The molecule has 0 saturated heterocycles. The monoisotopic (exact) mass is 136 g/mol. The van der Waals surface area contributed by atoms with Gasteiger partial charge < -0.3 is 4.42 Å². The van der Waals surface area contributed by atoms with Crippen molar-refractivity contribution in [1.29, 1.82) is 0 Å². The number of furan rings is 1. The van der Waals surface area contributed by atoms with E-state index in [-0.39, 0.29) is 0 Å². The Hall–Kier alpha value is -1.05. The summed E-state index contributed by atoms with van der Waals surface area (Å²) in [7, 11) is 0. The van der Waals surface area contributed by atoms with Crippen LogP contribution in [0.3, 0.4) is 0 Å². The molecule has 0 N–H and O–H groups in total. The summed E-state index contributed by atoms with van der Waals surface area (Å²) in [5, 5.41) is 0. The summed E-state index contributed by atoms with van der Waals surface area (Å²) in [4.78, 5) is 10.3. The third-order valence-corrected chi connectivity index (χ3v) is 1.99. The Morgan fingerprint density at radius 2 is 2.40 bits per heavy atom.